The first-order chi connectivity index (χ1) is 14.0. The summed E-state index contributed by atoms with van der Waals surface area (Å²) in [5.41, 5.74) is 7.05. The number of ether oxygens (including phenoxy) is 2. The largest absolute Gasteiger partial charge is 0.450 e. The molecule has 0 bridgehead atoms. The Hall–Kier alpha value is -2.35. The Morgan fingerprint density at radius 2 is 1.97 bits per heavy atom. The number of likely N-dealkylation sites (tertiary alicyclic amines) is 1. The zero-order chi connectivity index (χ0) is 20.7. The second kappa shape index (κ2) is 9.91. The summed E-state index contributed by atoms with van der Waals surface area (Å²) in [5, 5.41) is 3.29. The van der Waals surface area contributed by atoms with Crippen LogP contribution >= 0.6 is 0 Å². The van der Waals surface area contributed by atoms with Crippen molar-refractivity contribution in [2.75, 3.05) is 39.5 Å². The van der Waals surface area contributed by atoms with Gasteiger partial charge >= 0.3 is 6.09 Å². The zero-order valence-electron chi connectivity index (χ0n) is 17.0. The monoisotopic (exact) mass is 406 g/mol. The van der Waals surface area contributed by atoms with E-state index in [0.717, 1.165) is 31.2 Å². The summed E-state index contributed by atoms with van der Waals surface area (Å²) < 4.78 is 23.9. The minimum atomic E-state index is -0.256. The van der Waals surface area contributed by atoms with Gasteiger partial charge in [0.2, 0.25) is 0 Å². The van der Waals surface area contributed by atoms with E-state index < -0.39 is 0 Å². The van der Waals surface area contributed by atoms with Crippen LogP contribution in [0.2, 0.25) is 0 Å². The highest BCUT2D eigenvalue weighted by atomic mass is 19.1. The van der Waals surface area contributed by atoms with E-state index in [0.29, 0.717) is 45.4 Å². The van der Waals surface area contributed by atoms with Crippen molar-refractivity contribution >= 4 is 12.1 Å². The van der Waals surface area contributed by atoms with Gasteiger partial charge in [-0.2, -0.15) is 0 Å². The number of benzene rings is 1. The van der Waals surface area contributed by atoms with Gasteiger partial charge in [0, 0.05) is 37.8 Å². The van der Waals surface area contributed by atoms with Crippen LogP contribution in [0.3, 0.4) is 0 Å². The van der Waals surface area contributed by atoms with Gasteiger partial charge in [-0.3, -0.25) is 4.99 Å². The quantitative estimate of drug-likeness (QED) is 0.579. The van der Waals surface area contributed by atoms with Crippen LogP contribution in [0.25, 0.3) is 0 Å². The fourth-order valence-electron chi connectivity index (χ4n) is 4.02. The number of amides is 1. The average Bonchev–Trinajstić information content (AvgIpc) is 2.74. The lowest BCUT2D eigenvalue weighted by molar-refractivity contribution is 0.0530. The Kier molecular flexibility index (Phi) is 7.30. The van der Waals surface area contributed by atoms with Gasteiger partial charge in [0.15, 0.2) is 5.96 Å². The zero-order valence-corrected chi connectivity index (χ0v) is 17.0. The molecule has 0 aliphatic carbocycles. The Bertz CT molecular complexity index is 696. The molecule has 0 atom stereocenters. The lowest BCUT2D eigenvalue weighted by Crippen LogP contribution is -2.49. The number of nitrogens with two attached hydrogens (primary N) is 1. The molecule has 2 fully saturated rings. The molecule has 1 amide bonds. The number of nitrogens with one attached hydrogen (secondary N) is 1. The summed E-state index contributed by atoms with van der Waals surface area (Å²) in [4.78, 5) is 18.1. The first kappa shape index (κ1) is 21.4. The molecule has 7 nitrogen and oxygen atoms in total. The van der Waals surface area contributed by atoms with Crippen molar-refractivity contribution < 1.29 is 18.7 Å². The van der Waals surface area contributed by atoms with Gasteiger partial charge in [-0.25, -0.2) is 9.18 Å². The minimum Gasteiger partial charge on any atom is -0.450 e. The van der Waals surface area contributed by atoms with Crippen molar-refractivity contribution in [3.63, 3.8) is 0 Å². The lowest BCUT2D eigenvalue weighted by atomic mass is 9.74. The third kappa shape index (κ3) is 5.59. The normalized spacial score (nSPS) is 20.3. The van der Waals surface area contributed by atoms with E-state index in [1.165, 1.54) is 12.1 Å². The van der Waals surface area contributed by atoms with Crippen molar-refractivity contribution in [2.45, 2.75) is 44.1 Å². The number of halogens is 1. The number of carbonyl (C=O) groups excluding carboxylic acids is 1. The van der Waals surface area contributed by atoms with Crippen LogP contribution in [-0.4, -0.2) is 62.4 Å². The van der Waals surface area contributed by atoms with Crippen molar-refractivity contribution in [3.8, 4) is 0 Å². The molecule has 3 N–H and O–H groups in total. The van der Waals surface area contributed by atoms with Crippen LogP contribution in [0.4, 0.5) is 9.18 Å². The molecule has 0 saturated carbocycles. The number of nitrogens with zero attached hydrogens (tertiary/aromatic N) is 2. The maximum Gasteiger partial charge on any atom is 0.409 e. The van der Waals surface area contributed by atoms with Crippen LogP contribution in [0.1, 0.15) is 38.2 Å². The van der Waals surface area contributed by atoms with E-state index >= 15 is 0 Å². The number of carbonyl (C=O) groups is 1. The third-order valence-corrected chi connectivity index (χ3v) is 5.83. The fourth-order valence-corrected chi connectivity index (χ4v) is 4.02. The molecule has 2 aliphatic heterocycles. The first-order valence-electron chi connectivity index (χ1n) is 10.3. The molecule has 29 heavy (non-hydrogen) atoms. The summed E-state index contributed by atoms with van der Waals surface area (Å²) in [7, 11) is 0. The van der Waals surface area contributed by atoms with E-state index in [9.17, 15) is 9.18 Å². The molecular formula is C21H31FN4O3. The summed E-state index contributed by atoms with van der Waals surface area (Å²) in [6.45, 7) is 5.32. The molecule has 1 aromatic carbocycles. The van der Waals surface area contributed by atoms with Crippen molar-refractivity contribution in [3.05, 3.63) is 35.6 Å². The number of rotatable bonds is 5. The molecule has 1 aromatic rings. The number of guanidine groups is 1. The van der Waals surface area contributed by atoms with Crippen molar-refractivity contribution in [2.24, 2.45) is 10.7 Å². The van der Waals surface area contributed by atoms with Gasteiger partial charge in [-0.1, -0.05) is 12.1 Å². The minimum absolute atomic E-state index is 0.181. The highest BCUT2D eigenvalue weighted by Gasteiger charge is 2.34. The molecule has 0 radical (unpaired) electrons. The van der Waals surface area contributed by atoms with Crippen molar-refractivity contribution in [1.82, 2.24) is 10.2 Å². The van der Waals surface area contributed by atoms with E-state index in [1.54, 1.807) is 11.8 Å². The van der Waals surface area contributed by atoms with Gasteiger partial charge in [0.1, 0.15) is 5.82 Å². The summed E-state index contributed by atoms with van der Waals surface area (Å²) in [6.07, 6.45) is 2.99. The number of hydrogen-bond donors (Lipinski definition) is 2. The Labute approximate surface area is 171 Å². The Balaban J connectivity index is 1.57. The summed E-state index contributed by atoms with van der Waals surface area (Å²) in [5.74, 6) is 0.169. The number of piperidine rings is 1. The highest BCUT2D eigenvalue weighted by molar-refractivity contribution is 5.78. The summed E-state index contributed by atoms with van der Waals surface area (Å²) in [6, 6.07) is 6.85. The van der Waals surface area contributed by atoms with Crippen LogP contribution in [-0.2, 0) is 14.9 Å². The van der Waals surface area contributed by atoms with Gasteiger partial charge in [0.05, 0.1) is 13.2 Å². The fraction of sp³-hybridized carbons (Fsp3) is 0.619. The van der Waals surface area contributed by atoms with Gasteiger partial charge < -0.3 is 25.4 Å². The second-order valence-corrected chi connectivity index (χ2v) is 7.71. The predicted molar refractivity (Wildman–Crippen MR) is 109 cm³/mol. The van der Waals surface area contributed by atoms with E-state index in [4.69, 9.17) is 15.2 Å². The maximum absolute atomic E-state index is 13.4. The second-order valence-electron chi connectivity index (χ2n) is 7.71. The molecule has 0 unspecified atom stereocenters. The molecule has 3 rings (SSSR count). The van der Waals surface area contributed by atoms with Crippen LogP contribution in [0.15, 0.2) is 29.3 Å². The Morgan fingerprint density at radius 1 is 1.31 bits per heavy atom. The third-order valence-electron chi connectivity index (χ3n) is 5.83. The molecular weight excluding hydrogens is 375 g/mol. The molecule has 8 heteroatoms. The first-order valence-corrected chi connectivity index (χ1v) is 10.3. The number of hydrogen-bond acceptors (Lipinski definition) is 4. The molecule has 0 spiro atoms. The van der Waals surface area contributed by atoms with E-state index in [-0.39, 0.29) is 23.4 Å². The van der Waals surface area contributed by atoms with E-state index in [1.807, 2.05) is 12.1 Å². The highest BCUT2D eigenvalue weighted by Crippen LogP contribution is 2.35. The van der Waals surface area contributed by atoms with Gasteiger partial charge in [-0.05, 0) is 50.3 Å². The Morgan fingerprint density at radius 3 is 2.59 bits per heavy atom. The van der Waals surface area contributed by atoms with Crippen molar-refractivity contribution in [1.29, 1.82) is 0 Å². The van der Waals surface area contributed by atoms with E-state index in [2.05, 4.69) is 10.3 Å². The molecule has 160 valence electrons. The molecule has 0 aromatic heterocycles. The topological polar surface area (TPSA) is 89.2 Å². The molecule has 2 saturated heterocycles. The van der Waals surface area contributed by atoms with Gasteiger partial charge in [0.25, 0.3) is 0 Å². The van der Waals surface area contributed by atoms with Crippen LogP contribution in [0.5, 0.6) is 0 Å². The maximum atomic E-state index is 13.4. The average molecular weight is 407 g/mol. The lowest BCUT2D eigenvalue weighted by Gasteiger charge is -2.37. The summed E-state index contributed by atoms with van der Waals surface area (Å²) >= 11 is 0. The predicted octanol–water partition coefficient (Wildman–Crippen LogP) is 2.40. The SMILES string of the molecule is CCOC(=O)N1CCC(NC(N)=NCC2(c3ccc(F)cc3)CCOCC2)CC1. The standard InChI is InChI=1S/C21H31FN4O3/c1-2-29-20(27)26-11-7-18(8-12-26)25-19(23)24-15-21(9-13-28-14-10-21)16-3-5-17(22)6-4-16/h3-6,18H,2,7-15H2,1H3,(H3,23,24,25). The number of aliphatic imine (C=N–C) groups is 1. The molecule has 2 aliphatic rings. The van der Waals surface area contributed by atoms with Crippen LogP contribution in [0, 0.1) is 5.82 Å². The molecule has 2 heterocycles. The smallest absolute Gasteiger partial charge is 0.409 e. The van der Waals surface area contributed by atoms with Gasteiger partial charge in [-0.15, -0.1) is 0 Å². The van der Waals surface area contributed by atoms with Crippen LogP contribution < -0.4 is 11.1 Å².